The van der Waals surface area contributed by atoms with Crippen LogP contribution in [0.1, 0.15) is 22.3 Å². The van der Waals surface area contributed by atoms with Crippen molar-refractivity contribution >= 4 is 77.7 Å². The van der Waals surface area contributed by atoms with E-state index in [4.69, 9.17) is 20.0 Å². The molecule has 0 aliphatic rings. The number of benzene rings is 4. The Bertz CT molecular complexity index is 1940. The average molecular weight is 815 g/mol. The van der Waals surface area contributed by atoms with Gasteiger partial charge in [0.1, 0.15) is 0 Å². The van der Waals surface area contributed by atoms with Gasteiger partial charge in [0.05, 0.1) is 11.2 Å². The predicted molar refractivity (Wildman–Crippen MR) is 213 cm³/mol. The number of halogens is 2. The van der Waals surface area contributed by atoms with Gasteiger partial charge in [0.15, 0.2) is 0 Å². The van der Waals surface area contributed by atoms with Gasteiger partial charge < -0.3 is 0 Å². The summed E-state index contributed by atoms with van der Waals surface area (Å²) in [6, 6.07) is 34.7. The maximum absolute atomic E-state index is 5.72. The molecule has 2 aromatic heterocycles. The predicted octanol–water partition coefficient (Wildman–Crippen LogP) is 12.4. The van der Waals surface area contributed by atoms with Gasteiger partial charge in [-0.3, -0.25) is 0 Å². The molecule has 0 radical (unpaired) electrons. The molecule has 0 spiro atoms. The van der Waals surface area contributed by atoms with Crippen molar-refractivity contribution in [3.63, 3.8) is 0 Å². The molecular formula is C40H46BrClGe2N2. The van der Waals surface area contributed by atoms with E-state index in [1.807, 2.05) is 12.1 Å². The van der Waals surface area contributed by atoms with Crippen LogP contribution in [0.4, 0.5) is 0 Å². The van der Waals surface area contributed by atoms with Crippen LogP contribution in [-0.2, 0) is 0 Å². The summed E-state index contributed by atoms with van der Waals surface area (Å²) in [5.41, 5.74) is 11.7. The van der Waals surface area contributed by atoms with Gasteiger partial charge in [0, 0.05) is 15.4 Å². The van der Waals surface area contributed by atoms with Gasteiger partial charge in [-0.05, 0) is 50.2 Å². The Morgan fingerprint density at radius 1 is 0.500 bits per heavy atom. The summed E-state index contributed by atoms with van der Waals surface area (Å²) in [5, 5.41) is 2.41. The third kappa shape index (κ3) is 10.8. The molecule has 0 aliphatic carbocycles. The first-order chi connectivity index (χ1) is 21.4. The van der Waals surface area contributed by atoms with Gasteiger partial charge in [0.25, 0.3) is 0 Å². The van der Waals surface area contributed by atoms with E-state index < -0.39 is 25.6 Å². The summed E-state index contributed by atoms with van der Waals surface area (Å²) in [4.78, 5) is 9.62. The normalized spacial score (nSPS) is 11.5. The molecule has 4 aromatic carbocycles. The molecule has 6 heteroatoms. The molecule has 0 fully saturated rings. The van der Waals surface area contributed by atoms with Gasteiger partial charge in [-0.2, -0.15) is 0 Å². The van der Waals surface area contributed by atoms with Crippen molar-refractivity contribution in [2.75, 3.05) is 0 Å². The van der Waals surface area contributed by atoms with E-state index in [1.165, 1.54) is 43.2 Å². The summed E-state index contributed by atoms with van der Waals surface area (Å²) in [5.74, 6) is 13.7. The van der Waals surface area contributed by atoms with E-state index in [1.54, 1.807) is 0 Å². The Labute approximate surface area is 294 Å². The molecule has 0 bridgehead atoms. The molecule has 0 aliphatic heterocycles. The second-order valence-corrected chi connectivity index (χ2v) is 40.3. The fourth-order valence-electron chi connectivity index (χ4n) is 5.26. The van der Waals surface area contributed by atoms with Crippen LogP contribution in [0.5, 0.6) is 0 Å². The summed E-state index contributed by atoms with van der Waals surface area (Å²) in [7, 11) is 5.72. The maximum atomic E-state index is 5.72. The van der Waals surface area contributed by atoms with E-state index >= 15 is 0 Å². The van der Waals surface area contributed by atoms with Crippen molar-refractivity contribution in [2.45, 2.75) is 62.2 Å². The molecule has 238 valence electrons. The number of pyridine rings is 2. The van der Waals surface area contributed by atoms with Crippen LogP contribution in [0.25, 0.3) is 44.3 Å². The van der Waals surface area contributed by atoms with Crippen molar-refractivity contribution in [1.29, 1.82) is 0 Å². The SMILES string of the molecule is Cc1cc(C)cc(-c2ccc3c[c]([Ge]([CH3])([CH3])[CH3])ccc3n2)c1.Cc1cc(C)cc(-c2ccc3cc(Br)ccc3n2)c1.[CH3][Ge]([CH3])([CH3])[Cl]. The van der Waals surface area contributed by atoms with E-state index in [0.717, 1.165) is 32.3 Å². The van der Waals surface area contributed by atoms with Crippen LogP contribution in [0.2, 0.25) is 34.5 Å². The molecular weight excluding hydrogens is 769 g/mol. The first-order valence-corrected chi connectivity index (χ1v) is 33.0. The van der Waals surface area contributed by atoms with Crippen molar-refractivity contribution in [1.82, 2.24) is 9.97 Å². The first-order valence-electron chi connectivity index (χ1n) is 15.8. The standard InChI is InChI=1S/C20H23GeN.C17H14BrN.C3H9ClGe/c1-14-10-15(2)12-17(11-14)20-8-6-16-13-18(21(3,4)5)7-9-19(16)22-20;1-11-7-12(2)9-14(8-11)17-5-3-13-10-15(18)4-6-16(13)19-17;1-5(2,3)4/h6-13H,1-5H3;3-10H,1-2H3;1-3H3. The van der Waals surface area contributed by atoms with E-state index in [9.17, 15) is 0 Å². The minimum atomic E-state index is -1.77. The van der Waals surface area contributed by atoms with Crippen molar-refractivity contribution in [3.05, 3.63) is 124 Å². The van der Waals surface area contributed by atoms with Crippen LogP contribution >= 0.6 is 25.9 Å². The fraction of sp³-hybridized carbons (Fsp3) is 0.250. The number of hydrogen-bond acceptors (Lipinski definition) is 2. The molecule has 46 heavy (non-hydrogen) atoms. The van der Waals surface area contributed by atoms with Crippen molar-refractivity contribution in [3.8, 4) is 22.5 Å². The third-order valence-corrected chi connectivity index (χ3v) is 12.0. The molecule has 2 heterocycles. The third-order valence-electron chi connectivity index (χ3n) is 7.24. The second kappa shape index (κ2) is 15.2. The van der Waals surface area contributed by atoms with E-state index in [-0.39, 0.29) is 0 Å². The summed E-state index contributed by atoms with van der Waals surface area (Å²) in [6.45, 7) is 8.52. The van der Waals surface area contributed by atoms with Crippen LogP contribution in [0.3, 0.4) is 0 Å². The number of rotatable bonds is 3. The molecule has 0 N–H and O–H groups in total. The topological polar surface area (TPSA) is 25.8 Å². The molecule has 0 amide bonds. The zero-order valence-electron chi connectivity index (χ0n) is 28.9. The van der Waals surface area contributed by atoms with Crippen LogP contribution < -0.4 is 4.40 Å². The zero-order valence-corrected chi connectivity index (χ0v) is 35.4. The molecule has 0 unspecified atom stereocenters. The fourth-order valence-corrected chi connectivity index (χ4v) is 8.09. The molecule has 0 atom stereocenters. The molecule has 2 nitrogen and oxygen atoms in total. The number of aryl methyl sites for hydroxylation is 4. The Balaban J connectivity index is 0.000000184. The monoisotopic (exact) mass is 816 g/mol. The average Bonchev–Trinajstić information content (AvgIpc) is 2.94. The van der Waals surface area contributed by atoms with Gasteiger partial charge in [-0.15, -0.1) is 0 Å². The molecule has 0 saturated heterocycles. The van der Waals surface area contributed by atoms with Crippen molar-refractivity contribution < 1.29 is 0 Å². The van der Waals surface area contributed by atoms with Crippen LogP contribution in [-0.4, -0.2) is 35.6 Å². The second-order valence-electron chi connectivity index (χ2n) is 14.2. The van der Waals surface area contributed by atoms with Gasteiger partial charge in [-0.1, -0.05) is 39.2 Å². The minimum absolute atomic E-state index is 1.03. The van der Waals surface area contributed by atoms with Crippen molar-refractivity contribution in [2.24, 2.45) is 0 Å². The Morgan fingerprint density at radius 3 is 1.30 bits per heavy atom. The van der Waals surface area contributed by atoms with Gasteiger partial charge in [-0.25, -0.2) is 4.98 Å². The summed E-state index contributed by atoms with van der Waals surface area (Å²) in [6.07, 6.45) is 0. The van der Waals surface area contributed by atoms with E-state index in [0.29, 0.717) is 0 Å². The zero-order chi connectivity index (χ0) is 33.8. The Hall–Kier alpha value is -2.44. The summed E-state index contributed by atoms with van der Waals surface area (Å²) < 4.78 is 2.62. The van der Waals surface area contributed by atoms with E-state index in [2.05, 4.69) is 163 Å². The van der Waals surface area contributed by atoms with Crippen LogP contribution in [0.15, 0.2) is 102 Å². The number of hydrogen-bond donors (Lipinski definition) is 0. The first kappa shape index (κ1) is 36.4. The molecule has 6 rings (SSSR count). The quantitative estimate of drug-likeness (QED) is 0.166. The summed E-state index contributed by atoms with van der Waals surface area (Å²) >= 11 is 0.185. The Kier molecular flexibility index (Phi) is 12.0. The number of nitrogens with zero attached hydrogens (tertiary/aromatic N) is 2. The van der Waals surface area contributed by atoms with Crippen LogP contribution in [0, 0.1) is 27.7 Å². The number of aromatic nitrogens is 2. The van der Waals surface area contributed by atoms with Gasteiger partial charge in [0.2, 0.25) is 0 Å². The number of fused-ring (bicyclic) bond motifs is 2. The molecule has 0 saturated carbocycles. The molecule has 6 aromatic rings. The van der Waals surface area contributed by atoms with Gasteiger partial charge >= 0.3 is 175 Å². The Morgan fingerprint density at radius 2 is 0.891 bits per heavy atom.